The molecule has 1 amide bonds. The number of hydrogen-bond acceptors (Lipinski definition) is 7. The predicted molar refractivity (Wildman–Crippen MR) is 148 cm³/mol. The Morgan fingerprint density at radius 1 is 1.13 bits per heavy atom. The highest BCUT2D eigenvalue weighted by atomic mass is 19.1. The first-order valence-corrected chi connectivity index (χ1v) is 12.5. The number of nitrogens with two attached hydrogens (primary N) is 1. The summed E-state index contributed by atoms with van der Waals surface area (Å²) >= 11 is 0. The van der Waals surface area contributed by atoms with Crippen molar-refractivity contribution >= 4 is 28.6 Å². The summed E-state index contributed by atoms with van der Waals surface area (Å²) < 4.78 is 21.5. The van der Waals surface area contributed by atoms with Gasteiger partial charge in [0.1, 0.15) is 11.7 Å². The van der Waals surface area contributed by atoms with Gasteiger partial charge in [0.05, 0.1) is 11.9 Å². The van der Waals surface area contributed by atoms with E-state index in [1.54, 1.807) is 49.4 Å². The zero-order valence-corrected chi connectivity index (χ0v) is 22.3. The molecule has 0 aliphatic rings. The van der Waals surface area contributed by atoms with E-state index in [0.29, 0.717) is 34.3 Å². The summed E-state index contributed by atoms with van der Waals surface area (Å²) in [6.07, 6.45) is 9.09. The molecule has 4 rings (SSSR count). The largest absolute Gasteiger partial charge is 0.440 e. The summed E-state index contributed by atoms with van der Waals surface area (Å²) in [5.41, 5.74) is 9.87. The van der Waals surface area contributed by atoms with Crippen molar-refractivity contribution in [2.75, 3.05) is 11.9 Å². The molecule has 0 fully saturated rings. The lowest BCUT2D eigenvalue weighted by molar-refractivity contribution is -0.154. The van der Waals surface area contributed by atoms with Crippen LogP contribution in [0.4, 0.5) is 10.1 Å². The minimum atomic E-state index is -0.742. The van der Waals surface area contributed by atoms with Crippen LogP contribution in [0.15, 0.2) is 67.9 Å². The van der Waals surface area contributed by atoms with E-state index >= 15 is 0 Å². The Balaban J connectivity index is 1.79. The van der Waals surface area contributed by atoms with Crippen LogP contribution >= 0.6 is 0 Å². The standard InChI is InChI=1S/C29H31FN6O3/c1-6-27(37)35(5)22-10-20(13-32-15-22)21-11-23-24(19-7-8-33-26(30)12-19)16-36(28(23)34-14-21)18(4)39-29(38)25(31)9-17(2)3/h6-8,10-18,25H,1,9,31H2,2-5H3. The van der Waals surface area contributed by atoms with Crippen molar-refractivity contribution < 1.29 is 18.7 Å². The number of hydrogen-bond donors (Lipinski definition) is 1. The van der Waals surface area contributed by atoms with Crippen LogP contribution in [-0.2, 0) is 14.3 Å². The van der Waals surface area contributed by atoms with Crippen LogP contribution in [0.3, 0.4) is 0 Å². The van der Waals surface area contributed by atoms with Gasteiger partial charge in [-0.25, -0.2) is 9.97 Å². The summed E-state index contributed by atoms with van der Waals surface area (Å²) in [6.45, 7) is 9.23. The monoisotopic (exact) mass is 530 g/mol. The van der Waals surface area contributed by atoms with Gasteiger partial charge in [-0.3, -0.25) is 19.1 Å². The molecule has 9 nitrogen and oxygen atoms in total. The second-order valence-corrected chi connectivity index (χ2v) is 9.72. The number of carbonyl (C=O) groups is 2. The molecular weight excluding hydrogens is 499 g/mol. The van der Waals surface area contributed by atoms with Gasteiger partial charge in [0.2, 0.25) is 11.9 Å². The number of amides is 1. The van der Waals surface area contributed by atoms with E-state index in [4.69, 9.17) is 10.5 Å². The highest BCUT2D eigenvalue weighted by Crippen LogP contribution is 2.35. The molecule has 4 aromatic rings. The van der Waals surface area contributed by atoms with Crippen LogP contribution in [0.2, 0.25) is 0 Å². The molecule has 0 radical (unpaired) electrons. The maximum atomic E-state index is 14.1. The molecule has 0 aliphatic heterocycles. The molecule has 0 aliphatic carbocycles. The summed E-state index contributed by atoms with van der Waals surface area (Å²) in [6, 6.07) is 6.01. The Bertz CT molecular complexity index is 1530. The van der Waals surface area contributed by atoms with Gasteiger partial charge in [-0.2, -0.15) is 4.39 Å². The number of ether oxygens (including phenoxy) is 1. The minimum Gasteiger partial charge on any atom is -0.440 e. The van der Waals surface area contributed by atoms with Crippen molar-refractivity contribution in [2.45, 2.75) is 39.5 Å². The highest BCUT2D eigenvalue weighted by Gasteiger charge is 2.23. The predicted octanol–water partition coefficient (Wildman–Crippen LogP) is 4.88. The van der Waals surface area contributed by atoms with E-state index in [1.165, 1.54) is 23.2 Å². The van der Waals surface area contributed by atoms with Gasteiger partial charge in [-0.05, 0) is 49.1 Å². The molecule has 0 aromatic carbocycles. The third-order valence-corrected chi connectivity index (χ3v) is 6.36. The van der Waals surface area contributed by atoms with E-state index in [1.807, 2.05) is 26.0 Å². The van der Waals surface area contributed by atoms with Gasteiger partial charge in [-0.1, -0.05) is 20.4 Å². The molecule has 0 saturated heterocycles. The Morgan fingerprint density at radius 2 is 1.87 bits per heavy atom. The average Bonchev–Trinajstić information content (AvgIpc) is 3.31. The third kappa shape index (κ3) is 6.01. The van der Waals surface area contributed by atoms with E-state index in [9.17, 15) is 14.0 Å². The Kier molecular flexibility index (Phi) is 8.15. The number of halogens is 1. The van der Waals surface area contributed by atoms with Crippen molar-refractivity contribution in [3.05, 3.63) is 73.9 Å². The summed E-state index contributed by atoms with van der Waals surface area (Å²) in [5.74, 6) is -1.15. The lowest BCUT2D eigenvalue weighted by atomic mass is 10.0. The van der Waals surface area contributed by atoms with E-state index in [-0.39, 0.29) is 11.8 Å². The van der Waals surface area contributed by atoms with E-state index in [2.05, 4.69) is 21.5 Å². The molecule has 0 bridgehead atoms. The molecule has 0 spiro atoms. The maximum Gasteiger partial charge on any atom is 0.324 e. The second kappa shape index (κ2) is 11.5. The maximum absolute atomic E-state index is 14.1. The number of anilines is 1. The van der Waals surface area contributed by atoms with Gasteiger partial charge in [-0.15, -0.1) is 0 Å². The number of nitrogens with zero attached hydrogens (tertiary/aromatic N) is 5. The summed E-state index contributed by atoms with van der Waals surface area (Å²) in [7, 11) is 1.64. The fourth-order valence-corrected chi connectivity index (χ4v) is 4.32. The van der Waals surface area contributed by atoms with Crippen LogP contribution in [0, 0.1) is 11.9 Å². The molecule has 2 unspecified atom stereocenters. The Morgan fingerprint density at radius 3 is 2.56 bits per heavy atom. The van der Waals surface area contributed by atoms with E-state index in [0.717, 1.165) is 11.1 Å². The third-order valence-electron chi connectivity index (χ3n) is 6.36. The van der Waals surface area contributed by atoms with Gasteiger partial charge in [0.15, 0.2) is 6.23 Å². The van der Waals surface area contributed by atoms with Crippen LogP contribution < -0.4 is 10.6 Å². The van der Waals surface area contributed by atoms with Gasteiger partial charge in [0.25, 0.3) is 0 Å². The fourth-order valence-electron chi connectivity index (χ4n) is 4.32. The molecule has 202 valence electrons. The van der Waals surface area contributed by atoms with Crippen molar-refractivity contribution in [3.8, 4) is 22.3 Å². The summed E-state index contributed by atoms with van der Waals surface area (Å²) in [5, 5.41) is 0.702. The van der Waals surface area contributed by atoms with Crippen molar-refractivity contribution in [1.82, 2.24) is 19.5 Å². The van der Waals surface area contributed by atoms with Crippen molar-refractivity contribution in [3.63, 3.8) is 0 Å². The minimum absolute atomic E-state index is 0.242. The Hall–Kier alpha value is -4.44. The molecule has 2 N–H and O–H groups in total. The zero-order chi connectivity index (χ0) is 28.3. The summed E-state index contributed by atoms with van der Waals surface area (Å²) in [4.78, 5) is 38.8. The number of rotatable bonds is 9. The molecule has 0 saturated carbocycles. The topological polar surface area (TPSA) is 116 Å². The van der Waals surface area contributed by atoms with Crippen LogP contribution in [0.25, 0.3) is 33.3 Å². The molecule has 39 heavy (non-hydrogen) atoms. The highest BCUT2D eigenvalue weighted by molar-refractivity contribution is 6.01. The van der Waals surface area contributed by atoms with Crippen molar-refractivity contribution in [2.24, 2.45) is 11.7 Å². The fraction of sp³-hybridized carbons (Fsp3) is 0.276. The van der Waals surface area contributed by atoms with Crippen LogP contribution in [0.1, 0.15) is 33.4 Å². The van der Waals surface area contributed by atoms with Gasteiger partial charge < -0.3 is 15.4 Å². The quantitative estimate of drug-likeness (QED) is 0.186. The second-order valence-electron chi connectivity index (χ2n) is 9.72. The van der Waals surface area contributed by atoms with Gasteiger partial charge in [0, 0.05) is 60.0 Å². The normalized spacial score (nSPS) is 12.8. The number of pyridine rings is 3. The molecule has 4 aromatic heterocycles. The molecule has 10 heteroatoms. The number of esters is 1. The lowest BCUT2D eigenvalue weighted by Crippen LogP contribution is -2.34. The lowest BCUT2D eigenvalue weighted by Gasteiger charge is -2.19. The Labute approximate surface area is 226 Å². The average molecular weight is 531 g/mol. The van der Waals surface area contributed by atoms with Crippen molar-refractivity contribution in [1.29, 1.82) is 0 Å². The molecular formula is C29H31FN6O3. The van der Waals surface area contributed by atoms with Crippen LogP contribution in [0.5, 0.6) is 0 Å². The molecule has 4 heterocycles. The number of likely N-dealkylation sites (N-methyl/N-ethyl adjacent to an activating group) is 1. The number of carbonyl (C=O) groups excluding carboxylic acids is 2. The van der Waals surface area contributed by atoms with Crippen LogP contribution in [-0.4, -0.2) is 44.5 Å². The van der Waals surface area contributed by atoms with E-state index < -0.39 is 24.2 Å². The first-order chi connectivity index (χ1) is 18.6. The molecule has 2 atom stereocenters. The number of aromatic nitrogens is 4. The number of fused-ring (bicyclic) bond motifs is 1. The smallest absolute Gasteiger partial charge is 0.324 e. The zero-order valence-electron chi connectivity index (χ0n) is 22.3. The SMILES string of the molecule is C=CC(=O)N(C)c1cncc(-c2cnc3c(c2)c(-c2ccnc(F)c2)cn3C(C)OC(=O)C(N)CC(C)C)c1. The first-order valence-electron chi connectivity index (χ1n) is 12.5. The van der Waals surface area contributed by atoms with Gasteiger partial charge >= 0.3 is 5.97 Å². The first kappa shape index (κ1) is 27.6.